The highest BCUT2D eigenvalue weighted by Gasteiger charge is 2.68. The summed E-state index contributed by atoms with van der Waals surface area (Å²) in [6, 6.07) is 13.3. The van der Waals surface area contributed by atoms with Gasteiger partial charge in [0.1, 0.15) is 11.7 Å². The van der Waals surface area contributed by atoms with Gasteiger partial charge in [-0.05, 0) is 80.5 Å². The highest BCUT2D eigenvalue weighted by molar-refractivity contribution is 6.48. The molecule has 10 nitrogen and oxygen atoms in total. The fourth-order valence-corrected chi connectivity index (χ4v) is 7.61. The second-order valence-corrected chi connectivity index (χ2v) is 14.4. The van der Waals surface area contributed by atoms with Gasteiger partial charge in [0.2, 0.25) is 5.91 Å². The van der Waals surface area contributed by atoms with Crippen molar-refractivity contribution in [2.75, 3.05) is 6.54 Å². The number of hydrogen-bond acceptors (Lipinski definition) is 7. The van der Waals surface area contributed by atoms with Gasteiger partial charge in [0, 0.05) is 12.1 Å². The van der Waals surface area contributed by atoms with Gasteiger partial charge in [-0.15, -0.1) is 0 Å². The van der Waals surface area contributed by atoms with Gasteiger partial charge in [0.25, 0.3) is 11.8 Å². The predicted octanol–water partition coefficient (Wildman–Crippen LogP) is 4.27. The summed E-state index contributed by atoms with van der Waals surface area (Å²) >= 11 is 0. The number of carbonyl (C=O) groups excluding carboxylic acids is 3. The van der Waals surface area contributed by atoms with Crippen LogP contribution in [0.4, 0.5) is 0 Å². The average Bonchev–Trinajstić information content (AvgIpc) is 3.39. The zero-order valence-electron chi connectivity index (χ0n) is 27.5. The third-order valence-electron chi connectivity index (χ3n) is 10.4. The molecule has 0 radical (unpaired) electrons. The first-order valence-corrected chi connectivity index (χ1v) is 16.4. The van der Waals surface area contributed by atoms with Crippen LogP contribution in [0.2, 0.25) is 0 Å². The topological polar surface area (TPSA) is 132 Å². The van der Waals surface area contributed by atoms with Crippen molar-refractivity contribution >= 4 is 35.9 Å². The fraction of sp³-hybridized carbons (Fsp3) is 0.514. The molecule has 1 saturated heterocycles. The molecule has 6 atom stereocenters. The van der Waals surface area contributed by atoms with Crippen LogP contribution >= 0.6 is 0 Å². The molecule has 4 aliphatic rings. The van der Waals surface area contributed by atoms with E-state index in [0.29, 0.717) is 34.9 Å². The molecular weight excluding hydrogens is 581 g/mol. The Bertz CT molecular complexity index is 1630. The van der Waals surface area contributed by atoms with E-state index in [0.717, 1.165) is 18.4 Å². The van der Waals surface area contributed by atoms with Gasteiger partial charge in [-0.25, -0.2) is 4.98 Å². The van der Waals surface area contributed by atoms with Crippen LogP contribution in [0.1, 0.15) is 80.3 Å². The van der Waals surface area contributed by atoms with Crippen molar-refractivity contribution in [3.05, 3.63) is 71.5 Å². The Labute approximate surface area is 271 Å². The molecule has 3 aromatic rings. The minimum absolute atomic E-state index is 0.0309. The third kappa shape index (κ3) is 6.14. The summed E-state index contributed by atoms with van der Waals surface area (Å²) in [6.45, 7) is 12.8. The molecule has 2 aromatic carbocycles. The molecule has 4 fully saturated rings. The molecule has 1 aliphatic heterocycles. The van der Waals surface area contributed by atoms with Crippen LogP contribution in [-0.2, 0) is 14.1 Å². The molecule has 0 spiro atoms. The third-order valence-corrected chi connectivity index (χ3v) is 10.4. The molecule has 1 aromatic heterocycles. The maximum atomic E-state index is 14.0. The molecule has 11 heteroatoms. The zero-order chi connectivity index (χ0) is 32.8. The molecule has 3 amide bonds. The van der Waals surface area contributed by atoms with Crippen LogP contribution in [0.25, 0.3) is 11.0 Å². The van der Waals surface area contributed by atoms with E-state index in [-0.39, 0.29) is 35.6 Å². The molecule has 2 bridgehead atoms. The smallest absolute Gasteiger partial charge is 0.404 e. The quantitative estimate of drug-likeness (QED) is 0.287. The SMILES string of the molecule is Cc1ccc(C(=O)NC[C@H](NC(=O)c2cnc3ccccc3n2)C(=O)N[C@@H](CC(C)C)B2O[C@@H]3C[C@@H]4C[C@@H](C4(C)C)[C@]3(C)O2)cc1. The predicted molar refractivity (Wildman–Crippen MR) is 176 cm³/mol. The Morgan fingerprint density at radius 1 is 0.978 bits per heavy atom. The average molecular weight is 626 g/mol. The Balaban J connectivity index is 1.21. The van der Waals surface area contributed by atoms with Crippen LogP contribution in [0, 0.1) is 30.1 Å². The number of nitrogens with zero attached hydrogens (tertiary/aromatic N) is 2. The minimum atomic E-state index is -1.10. The summed E-state index contributed by atoms with van der Waals surface area (Å²) in [5, 5.41) is 8.75. The number of aryl methyl sites for hydroxylation is 1. The summed E-state index contributed by atoms with van der Waals surface area (Å²) in [5.74, 6) is -0.603. The number of fused-ring (bicyclic) bond motifs is 1. The van der Waals surface area contributed by atoms with Crippen molar-refractivity contribution in [2.45, 2.75) is 84.5 Å². The molecule has 0 unspecified atom stereocenters. The maximum Gasteiger partial charge on any atom is 0.481 e. The van der Waals surface area contributed by atoms with Crippen LogP contribution in [-0.4, -0.2) is 65.0 Å². The molecule has 3 N–H and O–H groups in total. The van der Waals surface area contributed by atoms with E-state index in [2.05, 4.69) is 60.5 Å². The monoisotopic (exact) mass is 625 g/mol. The lowest BCUT2D eigenvalue weighted by molar-refractivity contribution is -0.199. The van der Waals surface area contributed by atoms with Crippen LogP contribution in [0.5, 0.6) is 0 Å². The Morgan fingerprint density at radius 3 is 2.39 bits per heavy atom. The summed E-state index contributed by atoms with van der Waals surface area (Å²) in [5.41, 5.74) is 2.54. The van der Waals surface area contributed by atoms with Gasteiger partial charge in [0.05, 0.1) is 34.9 Å². The van der Waals surface area contributed by atoms with E-state index >= 15 is 0 Å². The summed E-state index contributed by atoms with van der Waals surface area (Å²) in [4.78, 5) is 49.2. The number of rotatable bonds is 10. The van der Waals surface area contributed by atoms with E-state index in [1.807, 2.05) is 37.3 Å². The second-order valence-electron chi connectivity index (χ2n) is 14.4. The first-order chi connectivity index (χ1) is 21.8. The first-order valence-electron chi connectivity index (χ1n) is 16.4. The lowest BCUT2D eigenvalue weighted by Gasteiger charge is -2.64. The molecule has 3 aliphatic carbocycles. The van der Waals surface area contributed by atoms with E-state index < -0.39 is 36.5 Å². The Hall–Kier alpha value is -3.83. The fourth-order valence-electron chi connectivity index (χ4n) is 7.61. The number of carbonyl (C=O) groups is 3. The number of benzene rings is 2. The number of aromatic nitrogens is 2. The highest BCUT2D eigenvalue weighted by Crippen LogP contribution is 2.65. The minimum Gasteiger partial charge on any atom is -0.404 e. The highest BCUT2D eigenvalue weighted by atomic mass is 16.7. The summed E-state index contributed by atoms with van der Waals surface area (Å²) < 4.78 is 13.3. The van der Waals surface area contributed by atoms with Crippen LogP contribution in [0.15, 0.2) is 54.7 Å². The first kappa shape index (κ1) is 32.1. The van der Waals surface area contributed by atoms with Crippen molar-refractivity contribution in [1.29, 1.82) is 0 Å². The van der Waals surface area contributed by atoms with Crippen LogP contribution in [0.3, 0.4) is 0 Å². The standard InChI is InChI=1S/C35H44BN5O5/c1-20(2)15-30(36-45-29-17-23-16-28(34(23,4)5)35(29,6)46-36)41-33(44)27(19-38-31(42)22-13-11-21(3)12-14-22)40-32(43)26-18-37-24-9-7-8-10-25(24)39-26/h7-14,18,20,23,27-30H,15-17,19H2,1-6H3,(H,38,42)(H,40,43)(H,41,44)/t23-,27-,28-,29+,30-,35-/m0/s1. The van der Waals surface area contributed by atoms with E-state index in [4.69, 9.17) is 9.31 Å². The van der Waals surface area contributed by atoms with Crippen molar-refractivity contribution in [2.24, 2.45) is 23.2 Å². The summed E-state index contributed by atoms with van der Waals surface area (Å²) in [6.07, 6.45) is 4.04. The van der Waals surface area contributed by atoms with Crippen molar-refractivity contribution in [3.63, 3.8) is 0 Å². The number of amides is 3. The number of nitrogens with one attached hydrogen (secondary N) is 3. The largest absolute Gasteiger partial charge is 0.481 e. The number of para-hydroxylation sites is 2. The van der Waals surface area contributed by atoms with Gasteiger partial charge >= 0.3 is 7.12 Å². The van der Waals surface area contributed by atoms with Crippen molar-refractivity contribution < 1.29 is 23.7 Å². The molecule has 242 valence electrons. The van der Waals surface area contributed by atoms with E-state index in [1.54, 1.807) is 18.2 Å². The molecule has 46 heavy (non-hydrogen) atoms. The Morgan fingerprint density at radius 2 is 1.70 bits per heavy atom. The van der Waals surface area contributed by atoms with Crippen molar-refractivity contribution in [3.8, 4) is 0 Å². The second kappa shape index (κ2) is 12.4. The number of hydrogen-bond donors (Lipinski definition) is 3. The van der Waals surface area contributed by atoms with Crippen molar-refractivity contribution in [1.82, 2.24) is 25.9 Å². The molecule has 3 saturated carbocycles. The lowest BCUT2D eigenvalue weighted by Crippen LogP contribution is -2.65. The van der Waals surface area contributed by atoms with E-state index in [1.165, 1.54) is 6.20 Å². The molecule has 7 rings (SSSR count). The van der Waals surface area contributed by atoms with Gasteiger partial charge in [-0.2, -0.15) is 0 Å². The van der Waals surface area contributed by atoms with Gasteiger partial charge < -0.3 is 25.3 Å². The zero-order valence-corrected chi connectivity index (χ0v) is 27.5. The maximum absolute atomic E-state index is 14.0. The summed E-state index contributed by atoms with van der Waals surface area (Å²) in [7, 11) is -0.624. The van der Waals surface area contributed by atoms with Crippen LogP contribution < -0.4 is 16.0 Å². The molecule has 2 heterocycles. The lowest BCUT2D eigenvalue weighted by atomic mass is 9.43. The normalized spacial score (nSPS) is 25.7. The van der Waals surface area contributed by atoms with Gasteiger partial charge in [0.15, 0.2) is 0 Å². The molecular formula is C35H44BN5O5. The van der Waals surface area contributed by atoms with Gasteiger partial charge in [-0.1, -0.05) is 57.5 Å². The van der Waals surface area contributed by atoms with Gasteiger partial charge in [-0.3, -0.25) is 19.4 Å². The van der Waals surface area contributed by atoms with E-state index in [9.17, 15) is 14.4 Å². The Kier molecular flexibility index (Phi) is 8.67.